The van der Waals surface area contributed by atoms with E-state index in [0.29, 0.717) is 31.4 Å². The van der Waals surface area contributed by atoms with E-state index in [9.17, 15) is 20.1 Å². The summed E-state index contributed by atoms with van der Waals surface area (Å²) < 4.78 is 10.1. The van der Waals surface area contributed by atoms with Gasteiger partial charge in [0, 0.05) is 18.8 Å². The highest BCUT2D eigenvalue weighted by atomic mass is 16.5. The largest absolute Gasteiger partial charge is 0.491 e. The molecule has 0 spiro atoms. The van der Waals surface area contributed by atoms with Crippen LogP contribution in [0.1, 0.15) is 25.7 Å². The lowest BCUT2D eigenvalue weighted by atomic mass is 9.90. The molecular formula is C23H30O6. The number of para-hydroxylation sites is 1. The Morgan fingerprint density at radius 2 is 2.00 bits per heavy atom. The van der Waals surface area contributed by atoms with Crippen LogP contribution in [0.2, 0.25) is 0 Å². The van der Waals surface area contributed by atoms with Crippen LogP contribution in [0, 0.1) is 11.8 Å². The van der Waals surface area contributed by atoms with Gasteiger partial charge in [0.2, 0.25) is 0 Å². The fourth-order valence-electron chi connectivity index (χ4n) is 3.38. The SMILES string of the molecule is COC(=O)CCC=C=CC[C@@H]1[C@@H](/C=C/[C@H](O)COc2ccccc2)[C@H](O)C[C@@H]1O. The van der Waals surface area contributed by atoms with Gasteiger partial charge >= 0.3 is 5.97 Å². The molecule has 1 aliphatic rings. The first-order valence-corrected chi connectivity index (χ1v) is 9.87. The lowest BCUT2D eigenvalue weighted by Crippen LogP contribution is -2.21. The summed E-state index contributed by atoms with van der Waals surface area (Å²) in [4.78, 5) is 11.1. The molecule has 0 saturated heterocycles. The van der Waals surface area contributed by atoms with E-state index in [1.54, 1.807) is 24.3 Å². The zero-order chi connectivity index (χ0) is 21.1. The topological polar surface area (TPSA) is 96.2 Å². The Hall–Kier alpha value is -2.37. The summed E-state index contributed by atoms with van der Waals surface area (Å²) in [6.45, 7) is 0.110. The first-order valence-electron chi connectivity index (χ1n) is 9.87. The number of carbonyl (C=O) groups excluding carboxylic acids is 1. The van der Waals surface area contributed by atoms with Gasteiger partial charge in [-0.2, -0.15) is 0 Å². The first kappa shape index (κ1) is 22.9. The van der Waals surface area contributed by atoms with Crippen LogP contribution in [0.4, 0.5) is 0 Å². The van der Waals surface area contributed by atoms with Crippen molar-refractivity contribution < 1.29 is 29.6 Å². The molecule has 6 nitrogen and oxygen atoms in total. The van der Waals surface area contributed by atoms with Gasteiger partial charge in [-0.3, -0.25) is 4.79 Å². The number of esters is 1. The van der Waals surface area contributed by atoms with E-state index >= 15 is 0 Å². The zero-order valence-corrected chi connectivity index (χ0v) is 16.7. The first-order chi connectivity index (χ1) is 14.0. The highest BCUT2D eigenvalue weighted by Gasteiger charge is 2.39. The van der Waals surface area contributed by atoms with Crippen LogP contribution >= 0.6 is 0 Å². The highest BCUT2D eigenvalue weighted by molar-refractivity contribution is 5.69. The molecule has 0 aliphatic heterocycles. The van der Waals surface area contributed by atoms with Gasteiger partial charge in [-0.25, -0.2) is 0 Å². The lowest BCUT2D eigenvalue weighted by Gasteiger charge is -2.19. The Kier molecular flexibility index (Phi) is 9.68. The Labute approximate surface area is 171 Å². The number of carbonyl (C=O) groups is 1. The molecule has 0 amide bonds. The van der Waals surface area contributed by atoms with E-state index in [1.165, 1.54) is 7.11 Å². The number of methoxy groups -OCH3 is 1. The quantitative estimate of drug-likeness (QED) is 0.316. The minimum atomic E-state index is -0.811. The molecule has 1 aliphatic carbocycles. The molecule has 0 aromatic heterocycles. The second-order valence-electron chi connectivity index (χ2n) is 7.11. The van der Waals surface area contributed by atoms with Crippen molar-refractivity contribution in [3.63, 3.8) is 0 Å². The summed E-state index contributed by atoms with van der Waals surface area (Å²) in [7, 11) is 1.35. The average molecular weight is 402 g/mol. The Balaban J connectivity index is 1.85. The molecule has 1 fully saturated rings. The predicted octanol–water partition coefficient (Wildman–Crippen LogP) is 2.40. The van der Waals surface area contributed by atoms with Gasteiger partial charge in [0.15, 0.2) is 0 Å². The number of aliphatic hydroxyl groups is 3. The normalized spacial score (nSPS) is 24.7. The maximum atomic E-state index is 11.1. The number of benzene rings is 1. The highest BCUT2D eigenvalue weighted by Crippen LogP contribution is 2.36. The van der Waals surface area contributed by atoms with Crippen LogP contribution < -0.4 is 4.74 Å². The van der Waals surface area contributed by atoms with Crippen molar-refractivity contribution in [2.24, 2.45) is 11.8 Å². The van der Waals surface area contributed by atoms with Crippen molar-refractivity contribution in [2.75, 3.05) is 13.7 Å². The summed E-state index contributed by atoms with van der Waals surface area (Å²) in [5.41, 5.74) is 3.01. The third-order valence-corrected chi connectivity index (χ3v) is 4.98. The van der Waals surface area contributed by atoms with Crippen molar-refractivity contribution in [1.29, 1.82) is 0 Å². The van der Waals surface area contributed by atoms with Gasteiger partial charge in [0.05, 0.1) is 19.3 Å². The third-order valence-electron chi connectivity index (χ3n) is 4.98. The van der Waals surface area contributed by atoms with E-state index in [2.05, 4.69) is 10.5 Å². The second-order valence-corrected chi connectivity index (χ2v) is 7.11. The molecule has 0 radical (unpaired) electrons. The summed E-state index contributed by atoms with van der Waals surface area (Å²) in [6, 6.07) is 9.23. The molecule has 1 aromatic rings. The second kappa shape index (κ2) is 12.2. The van der Waals surface area contributed by atoms with E-state index in [0.717, 1.165) is 0 Å². The monoisotopic (exact) mass is 402 g/mol. The van der Waals surface area contributed by atoms with Crippen LogP contribution in [0.15, 0.2) is 60.4 Å². The van der Waals surface area contributed by atoms with Gasteiger partial charge in [0.25, 0.3) is 0 Å². The van der Waals surface area contributed by atoms with Crippen molar-refractivity contribution in [3.8, 4) is 5.75 Å². The fourth-order valence-corrected chi connectivity index (χ4v) is 3.38. The van der Waals surface area contributed by atoms with Crippen LogP contribution in [-0.4, -0.2) is 53.3 Å². The van der Waals surface area contributed by atoms with Gasteiger partial charge in [0.1, 0.15) is 18.5 Å². The van der Waals surface area contributed by atoms with Gasteiger partial charge < -0.3 is 24.8 Å². The molecule has 2 rings (SSSR count). The molecule has 29 heavy (non-hydrogen) atoms. The zero-order valence-electron chi connectivity index (χ0n) is 16.7. The van der Waals surface area contributed by atoms with Crippen LogP contribution in [0.3, 0.4) is 0 Å². The van der Waals surface area contributed by atoms with E-state index < -0.39 is 18.3 Å². The summed E-state index contributed by atoms with van der Waals surface area (Å²) >= 11 is 0. The maximum Gasteiger partial charge on any atom is 0.305 e. The van der Waals surface area contributed by atoms with Gasteiger partial charge in [-0.15, -0.1) is 5.73 Å². The molecule has 158 valence electrons. The molecule has 6 heteroatoms. The molecule has 0 heterocycles. The standard InChI is InChI=1S/C23H30O6/c1-28-23(27)12-8-3-2-7-11-19-20(22(26)15-21(19)25)14-13-17(24)16-29-18-9-5-4-6-10-18/h3-7,9-10,13-14,17,19-22,24-26H,8,11-12,15-16H2,1H3/b14-13+/t2?,17-,19+,20+,21-,22+/m0/s1. The number of ether oxygens (including phenoxy) is 2. The van der Waals surface area contributed by atoms with Crippen molar-refractivity contribution >= 4 is 5.97 Å². The minimum absolute atomic E-state index is 0.110. The lowest BCUT2D eigenvalue weighted by molar-refractivity contribution is -0.140. The summed E-state index contributed by atoms with van der Waals surface area (Å²) in [5, 5.41) is 30.6. The average Bonchev–Trinajstić information content (AvgIpc) is 3.00. The van der Waals surface area contributed by atoms with Crippen molar-refractivity contribution in [2.45, 2.75) is 44.0 Å². The van der Waals surface area contributed by atoms with Gasteiger partial charge in [-0.05, 0) is 43.0 Å². The molecule has 3 N–H and O–H groups in total. The number of hydrogen-bond donors (Lipinski definition) is 3. The maximum absolute atomic E-state index is 11.1. The molecule has 5 atom stereocenters. The fraction of sp³-hybridized carbons (Fsp3) is 0.478. The molecule has 0 unspecified atom stereocenters. The van der Waals surface area contributed by atoms with Crippen LogP contribution in [0.25, 0.3) is 0 Å². The van der Waals surface area contributed by atoms with Crippen molar-refractivity contribution in [3.05, 3.63) is 60.4 Å². The predicted molar refractivity (Wildman–Crippen MR) is 109 cm³/mol. The Morgan fingerprint density at radius 3 is 2.72 bits per heavy atom. The van der Waals surface area contributed by atoms with E-state index in [-0.39, 0.29) is 24.4 Å². The number of rotatable bonds is 10. The van der Waals surface area contributed by atoms with E-state index in [4.69, 9.17) is 4.74 Å². The number of aliphatic hydroxyl groups excluding tert-OH is 3. The number of allylic oxidation sites excluding steroid dienone is 1. The molecule has 1 saturated carbocycles. The Morgan fingerprint density at radius 1 is 1.24 bits per heavy atom. The van der Waals surface area contributed by atoms with E-state index in [1.807, 2.05) is 30.3 Å². The molecular weight excluding hydrogens is 372 g/mol. The third kappa shape index (κ3) is 7.87. The smallest absolute Gasteiger partial charge is 0.305 e. The molecule has 1 aromatic carbocycles. The minimum Gasteiger partial charge on any atom is -0.491 e. The van der Waals surface area contributed by atoms with Crippen LogP contribution in [0.5, 0.6) is 5.75 Å². The Bertz CT molecular complexity index is 707. The summed E-state index contributed by atoms with van der Waals surface area (Å²) in [6.07, 6.45) is 6.52. The van der Waals surface area contributed by atoms with Gasteiger partial charge in [-0.1, -0.05) is 30.4 Å². The molecule has 0 bridgehead atoms. The summed E-state index contributed by atoms with van der Waals surface area (Å²) in [5.74, 6) is -0.00911. The van der Waals surface area contributed by atoms with Crippen molar-refractivity contribution in [1.82, 2.24) is 0 Å². The van der Waals surface area contributed by atoms with Crippen LogP contribution in [-0.2, 0) is 9.53 Å². The number of hydrogen-bond acceptors (Lipinski definition) is 6.